The van der Waals surface area contributed by atoms with Crippen LogP contribution in [0.1, 0.15) is 0 Å². The van der Waals surface area contributed by atoms with Crippen molar-refractivity contribution in [2.75, 3.05) is 6.61 Å². The van der Waals surface area contributed by atoms with Crippen LogP contribution in [0.4, 0.5) is 0 Å². The smallest absolute Gasteiger partial charge is 0.141 e. The number of hydrogen-bond acceptors (Lipinski definition) is 3. The number of aliphatic hydroxyl groups is 2. The molecular weight excluding hydrogens is 154 g/mol. The molecule has 1 rings (SSSR count). The Morgan fingerprint density at radius 1 is 1.60 bits per heavy atom. The zero-order valence-electron chi connectivity index (χ0n) is 5.70. The first kappa shape index (κ1) is 8.33. The summed E-state index contributed by atoms with van der Waals surface area (Å²) in [5.74, 6) is 0. The second-order valence-electron chi connectivity index (χ2n) is 2.50. The van der Waals surface area contributed by atoms with Crippen molar-refractivity contribution < 1.29 is 14.9 Å². The molecule has 58 valence electrons. The van der Waals surface area contributed by atoms with Crippen LogP contribution in [0.2, 0.25) is 0 Å². The highest BCUT2D eigenvalue weighted by molar-refractivity contribution is 6.27. The topological polar surface area (TPSA) is 49.7 Å². The van der Waals surface area contributed by atoms with E-state index in [0.717, 1.165) is 0 Å². The van der Waals surface area contributed by atoms with Gasteiger partial charge in [0.25, 0.3) is 0 Å². The van der Waals surface area contributed by atoms with Gasteiger partial charge in [-0.2, -0.15) is 0 Å². The van der Waals surface area contributed by atoms with Gasteiger partial charge in [0, 0.05) is 6.00 Å². The van der Waals surface area contributed by atoms with Crippen LogP contribution in [0, 0.1) is 0 Å². The van der Waals surface area contributed by atoms with Crippen LogP contribution in [-0.2, 0) is 4.74 Å². The highest BCUT2D eigenvalue weighted by Crippen LogP contribution is 2.23. The summed E-state index contributed by atoms with van der Waals surface area (Å²) in [4.78, 5) is 0. The molecule has 0 amide bonds. The highest BCUT2D eigenvalue weighted by atomic mass is 35.5. The van der Waals surface area contributed by atoms with Crippen molar-refractivity contribution in [1.82, 2.24) is 0 Å². The third kappa shape index (κ3) is 1.30. The molecule has 0 aromatic rings. The molecule has 0 aromatic heterocycles. The van der Waals surface area contributed by atoms with E-state index in [0.29, 0.717) is 0 Å². The summed E-state index contributed by atoms with van der Waals surface area (Å²) >= 11 is 5.70. The Morgan fingerprint density at radius 3 is 2.40 bits per heavy atom. The summed E-state index contributed by atoms with van der Waals surface area (Å²) in [5, 5.41) is 17.4. The number of alkyl halides is 1. The maximum atomic E-state index is 9.21. The van der Waals surface area contributed by atoms with E-state index in [1.54, 1.807) is 7.85 Å². The predicted molar refractivity (Wildman–Crippen MR) is 39.9 cm³/mol. The van der Waals surface area contributed by atoms with E-state index in [-0.39, 0.29) is 12.6 Å². The van der Waals surface area contributed by atoms with E-state index in [4.69, 9.17) is 21.4 Å². The molecule has 5 heteroatoms. The van der Waals surface area contributed by atoms with Crippen LogP contribution in [-0.4, -0.2) is 48.3 Å². The fraction of sp³-hybridized carbons (Fsp3) is 1.00. The molecular formula is C5H10BClO3. The summed E-state index contributed by atoms with van der Waals surface area (Å²) in [5.41, 5.74) is 0. The van der Waals surface area contributed by atoms with Crippen molar-refractivity contribution >= 4 is 19.4 Å². The Balaban J connectivity index is 2.53. The normalized spacial score (nSPS) is 47.9. The van der Waals surface area contributed by atoms with Crippen LogP contribution in [0.15, 0.2) is 0 Å². The van der Waals surface area contributed by atoms with Gasteiger partial charge in [-0.05, 0) is 0 Å². The molecule has 0 aromatic carbocycles. The van der Waals surface area contributed by atoms with E-state index in [1.807, 2.05) is 0 Å². The number of aliphatic hydroxyl groups excluding tert-OH is 2. The Hall–Kier alpha value is 0.235. The number of rotatable bonds is 1. The molecule has 2 N–H and O–H groups in total. The molecule has 0 spiro atoms. The van der Waals surface area contributed by atoms with Crippen molar-refractivity contribution in [3.8, 4) is 0 Å². The van der Waals surface area contributed by atoms with Crippen molar-refractivity contribution in [1.29, 1.82) is 0 Å². The van der Waals surface area contributed by atoms with E-state index >= 15 is 0 Å². The average Bonchev–Trinajstić information content (AvgIpc) is 2.17. The Morgan fingerprint density at radius 2 is 2.20 bits per heavy atom. The second kappa shape index (κ2) is 3.09. The second-order valence-corrected chi connectivity index (χ2v) is 3.00. The van der Waals surface area contributed by atoms with E-state index in [9.17, 15) is 5.11 Å². The minimum Gasteiger partial charge on any atom is -0.394 e. The Kier molecular flexibility index (Phi) is 2.58. The molecule has 0 saturated carbocycles. The zero-order valence-corrected chi connectivity index (χ0v) is 6.45. The lowest BCUT2D eigenvalue weighted by Gasteiger charge is -2.09. The van der Waals surface area contributed by atoms with Crippen molar-refractivity contribution in [3.05, 3.63) is 0 Å². The molecule has 0 unspecified atom stereocenters. The largest absolute Gasteiger partial charge is 0.394 e. The molecule has 1 aliphatic rings. The maximum Gasteiger partial charge on any atom is 0.141 e. The molecule has 1 fully saturated rings. The van der Waals surface area contributed by atoms with Crippen molar-refractivity contribution in [2.45, 2.75) is 23.6 Å². The van der Waals surface area contributed by atoms with Gasteiger partial charge in [0.05, 0.1) is 12.0 Å². The van der Waals surface area contributed by atoms with Crippen LogP contribution >= 0.6 is 11.6 Å². The maximum absolute atomic E-state index is 9.21. The molecule has 0 radical (unpaired) electrons. The number of hydrogen-bond donors (Lipinski definition) is 2. The van der Waals surface area contributed by atoms with Crippen LogP contribution < -0.4 is 0 Å². The van der Waals surface area contributed by atoms with Gasteiger partial charge in [0.2, 0.25) is 0 Å². The van der Waals surface area contributed by atoms with Gasteiger partial charge >= 0.3 is 0 Å². The first-order valence-corrected chi connectivity index (χ1v) is 3.69. The van der Waals surface area contributed by atoms with Gasteiger partial charge in [-0.15, -0.1) is 11.6 Å². The fourth-order valence-electron chi connectivity index (χ4n) is 1.07. The first-order valence-electron chi connectivity index (χ1n) is 3.25. The lowest BCUT2D eigenvalue weighted by atomic mass is 9.95. The zero-order chi connectivity index (χ0) is 7.72. The highest BCUT2D eigenvalue weighted by Gasteiger charge is 2.39. The molecule has 1 saturated heterocycles. The molecule has 0 aliphatic carbocycles. The SMILES string of the molecule is B[C@@H]1O[C@H](CO)[C@@H](O)[C@H]1Cl. The number of halogens is 1. The molecule has 3 nitrogen and oxygen atoms in total. The van der Waals surface area contributed by atoms with E-state index in [2.05, 4.69) is 0 Å². The van der Waals surface area contributed by atoms with Gasteiger partial charge in [-0.25, -0.2) is 0 Å². The Labute approximate surface area is 65.4 Å². The lowest BCUT2D eigenvalue weighted by molar-refractivity contribution is -0.00402. The summed E-state index contributed by atoms with van der Waals surface area (Å²) in [7, 11) is 1.77. The molecule has 1 aliphatic heterocycles. The van der Waals surface area contributed by atoms with Crippen molar-refractivity contribution in [3.63, 3.8) is 0 Å². The van der Waals surface area contributed by atoms with E-state index in [1.165, 1.54) is 0 Å². The first-order chi connectivity index (χ1) is 4.66. The summed E-state index contributed by atoms with van der Waals surface area (Å²) in [6.45, 7) is -0.172. The summed E-state index contributed by atoms with van der Waals surface area (Å²) in [6.07, 6.45) is -1.24. The van der Waals surface area contributed by atoms with Crippen LogP contribution in [0.3, 0.4) is 0 Å². The standard InChI is InChI=1S/C5H10BClO3/c6-5-3(7)4(9)2(1-8)10-5/h2-5,8-9H,1,6H2/t2-,3-,4-,5-/m1/s1. The van der Waals surface area contributed by atoms with Gasteiger partial charge in [0.1, 0.15) is 20.1 Å². The molecule has 1 heterocycles. The third-order valence-corrected chi connectivity index (χ3v) is 2.34. The third-order valence-electron chi connectivity index (χ3n) is 1.73. The minimum absolute atomic E-state index is 0.172. The molecule has 0 bridgehead atoms. The minimum atomic E-state index is -0.735. The number of ether oxygens (including phenoxy) is 1. The van der Waals surface area contributed by atoms with Crippen LogP contribution in [0.25, 0.3) is 0 Å². The molecule has 4 atom stereocenters. The predicted octanol–water partition coefficient (Wildman–Crippen LogP) is -1.70. The Bertz CT molecular complexity index is 123. The van der Waals surface area contributed by atoms with Gasteiger partial charge in [-0.3, -0.25) is 0 Å². The monoisotopic (exact) mass is 164 g/mol. The van der Waals surface area contributed by atoms with E-state index < -0.39 is 17.6 Å². The quantitative estimate of drug-likeness (QED) is 0.359. The fourth-order valence-corrected chi connectivity index (χ4v) is 1.29. The van der Waals surface area contributed by atoms with Gasteiger partial charge < -0.3 is 14.9 Å². The molecule has 10 heavy (non-hydrogen) atoms. The average molecular weight is 164 g/mol. The summed E-state index contributed by atoms with van der Waals surface area (Å²) < 4.78 is 5.10. The van der Waals surface area contributed by atoms with Gasteiger partial charge in [0.15, 0.2) is 0 Å². The summed E-state index contributed by atoms with van der Waals surface area (Å²) in [6, 6.07) is -0.172. The van der Waals surface area contributed by atoms with Crippen molar-refractivity contribution in [2.24, 2.45) is 0 Å². The van der Waals surface area contributed by atoms with Crippen LogP contribution in [0.5, 0.6) is 0 Å². The van der Waals surface area contributed by atoms with Gasteiger partial charge in [-0.1, -0.05) is 0 Å². The lowest BCUT2D eigenvalue weighted by Crippen LogP contribution is -2.30.